The number of aliphatic hydroxyl groups excluding tert-OH is 1. The van der Waals surface area contributed by atoms with Crippen LogP contribution in [0, 0.1) is 0 Å². The highest BCUT2D eigenvalue weighted by molar-refractivity contribution is 7.47. The van der Waals surface area contributed by atoms with Crippen molar-refractivity contribution in [2.24, 2.45) is 0 Å². The van der Waals surface area contributed by atoms with Gasteiger partial charge < -0.3 is 19.8 Å². The summed E-state index contributed by atoms with van der Waals surface area (Å²) in [6.45, 7) is 4.66. The van der Waals surface area contributed by atoms with Crippen LogP contribution in [0.3, 0.4) is 0 Å². The van der Waals surface area contributed by atoms with Crippen molar-refractivity contribution in [2.75, 3.05) is 40.9 Å². The number of allylic oxidation sites excluding steroid dienone is 21. The van der Waals surface area contributed by atoms with Crippen LogP contribution in [0.15, 0.2) is 134 Å². The van der Waals surface area contributed by atoms with Crippen molar-refractivity contribution in [2.45, 2.75) is 251 Å². The van der Waals surface area contributed by atoms with Gasteiger partial charge >= 0.3 is 7.82 Å². The maximum Gasteiger partial charge on any atom is 0.472 e. The molecule has 0 aliphatic heterocycles. The highest BCUT2D eigenvalue weighted by Gasteiger charge is 2.27. The first-order valence-corrected chi connectivity index (χ1v) is 32.6. The molecule has 0 rings (SSSR count). The second kappa shape index (κ2) is 57.3. The largest absolute Gasteiger partial charge is 0.472 e. The first kappa shape index (κ1) is 73.6. The van der Waals surface area contributed by atoms with E-state index in [0.717, 1.165) is 96.3 Å². The molecule has 0 spiro atoms. The van der Waals surface area contributed by atoms with Crippen molar-refractivity contribution < 1.29 is 32.9 Å². The maximum atomic E-state index is 13.0. The number of likely N-dealkylation sites (N-methyl/N-ethyl adjacent to an activating group) is 1. The Morgan fingerprint density at radius 1 is 0.455 bits per heavy atom. The zero-order valence-corrected chi connectivity index (χ0v) is 51.0. The lowest BCUT2D eigenvalue weighted by atomic mass is 10.0. The van der Waals surface area contributed by atoms with E-state index in [-0.39, 0.29) is 19.1 Å². The number of unbranched alkanes of at least 4 members (excludes halogenated alkanes) is 22. The van der Waals surface area contributed by atoms with Gasteiger partial charge in [-0.3, -0.25) is 13.8 Å². The molecule has 0 bridgehead atoms. The number of quaternary nitrogens is 1. The number of rotatable bonds is 55. The smallest absolute Gasteiger partial charge is 0.387 e. The van der Waals surface area contributed by atoms with Crippen molar-refractivity contribution in [1.82, 2.24) is 5.32 Å². The number of amides is 1. The lowest BCUT2D eigenvalue weighted by molar-refractivity contribution is -0.870. The summed E-state index contributed by atoms with van der Waals surface area (Å²) in [4.78, 5) is 23.3. The number of phosphoric ester groups is 1. The molecule has 0 aliphatic carbocycles. The zero-order chi connectivity index (χ0) is 56.3. The van der Waals surface area contributed by atoms with Crippen LogP contribution in [-0.4, -0.2) is 73.4 Å². The summed E-state index contributed by atoms with van der Waals surface area (Å²) in [5.74, 6) is -0.198. The van der Waals surface area contributed by atoms with Gasteiger partial charge in [-0.25, -0.2) is 4.57 Å². The van der Waals surface area contributed by atoms with Crippen LogP contribution in [-0.2, 0) is 18.4 Å². The van der Waals surface area contributed by atoms with Gasteiger partial charge in [-0.2, -0.15) is 0 Å². The zero-order valence-electron chi connectivity index (χ0n) is 50.1. The van der Waals surface area contributed by atoms with Gasteiger partial charge in [0.15, 0.2) is 0 Å². The predicted molar refractivity (Wildman–Crippen MR) is 336 cm³/mol. The fourth-order valence-electron chi connectivity index (χ4n) is 8.27. The number of carbonyl (C=O) groups excluding carboxylic acids is 1. The topological polar surface area (TPSA) is 105 Å². The fraction of sp³-hybridized carbons (Fsp3) is 0.662. The van der Waals surface area contributed by atoms with E-state index >= 15 is 0 Å². The van der Waals surface area contributed by atoms with E-state index in [4.69, 9.17) is 9.05 Å². The van der Waals surface area contributed by atoms with E-state index in [1.165, 1.54) is 122 Å². The molecule has 3 N–H and O–H groups in total. The SMILES string of the molecule is CC/C=C\C/C=C\C/C=C\C/C=C\C/C=C\C/C=C\C/C=C\C/C=C\CCCCCCCCCCCCCCC(=O)NC(COP(=O)(O)OCC[N+](C)(C)C)C(O)/C=C/CC/C=C/CC/C=C/CCCCCCCCCC. The Labute approximate surface area is 475 Å². The highest BCUT2D eigenvalue weighted by atomic mass is 31.2. The van der Waals surface area contributed by atoms with Gasteiger partial charge in [0.25, 0.3) is 0 Å². The molecule has 0 radical (unpaired) electrons. The Kier molecular flexibility index (Phi) is 54.8. The molecule has 0 aliphatic rings. The first-order chi connectivity index (χ1) is 37.5. The van der Waals surface area contributed by atoms with Crippen LogP contribution >= 0.6 is 7.82 Å². The molecule has 77 heavy (non-hydrogen) atoms. The van der Waals surface area contributed by atoms with E-state index in [0.29, 0.717) is 17.4 Å². The van der Waals surface area contributed by atoms with Gasteiger partial charge in [0.05, 0.1) is 39.9 Å². The number of aliphatic hydroxyl groups is 1. The molecule has 8 nitrogen and oxygen atoms in total. The minimum Gasteiger partial charge on any atom is -0.387 e. The summed E-state index contributed by atoms with van der Waals surface area (Å²) in [5.41, 5.74) is 0. The minimum atomic E-state index is -4.37. The molecule has 3 atom stereocenters. The second-order valence-corrected chi connectivity index (χ2v) is 23.1. The van der Waals surface area contributed by atoms with Crippen molar-refractivity contribution in [3.63, 3.8) is 0 Å². The quantitative estimate of drug-likeness (QED) is 0.0243. The van der Waals surface area contributed by atoms with Crippen molar-refractivity contribution >= 4 is 13.7 Å². The number of nitrogens with one attached hydrogen (secondary N) is 1. The van der Waals surface area contributed by atoms with Gasteiger partial charge in [0.1, 0.15) is 13.2 Å². The number of hydrogen-bond donors (Lipinski definition) is 3. The monoisotopic (exact) mass is 1090 g/mol. The van der Waals surface area contributed by atoms with Gasteiger partial charge in [-0.1, -0.05) is 257 Å². The molecule has 0 saturated heterocycles. The van der Waals surface area contributed by atoms with E-state index < -0.39 is 20.0 Å². The Hall–Kier alpha value is -3.36. The third kappa shape index (κ3) is 60.1. The molecule has 3 unspecified atom stereocenters. The van der Waals surface area contributed by atoms with E-state index in [2.05, 4.69) is 141 Å². The predicted octanol–water partition coefficient (Wildman–Crippen LogP) is 19.5. The standard InChI is InChI=1S/C68H117N2O6P/c1-6-8-10-12-14-16-18-20-22-24-26-27-28-29-30-31-32-33-34-35-36-37-38-39-40-41-42-43-44-46-48-50-52-54-56-58-60-62-68(72)69-66(65-76-77(73,74)75-64-63-70(3,4)5)67(71)61-59-57-55-53-51-49-47-45-25-23-21-19-17-15-13-11-9-7-2/h8,10,14,16,20,22,25-27,29-30,32-33,35-36,38-39,45,51,53,59,61,66-67,71H,6-7,9,11-13,15,17-19,21,23-24,28,31,34,37,40-44,46-50,52,54-58,60,62-65H2,1-5H3,(H-,69,72,73,74)/p+1/b10-8-,16-14-,22-20-,27-26-,30-29-,33-32-,36-35-,39-38-,45-25+,53-51+,61-59+. The summed E-state index contributed by atoms with van der Waals surface area (Å²) in [5, 5.41) is 13.9. The molecule has 440 valence electrons. The summed E-state index contributed by atoms with van der Waals surface area (Å²) in [6.07, 6.45) is 87.1. The third-order valence-electron chi connectivity index (χ3n) is 13.1. The van der Waals surface area contributed by atoms with E-state index in [9.17, 15) is 19.4 Å². The first-order valence-electron chi connectivity index (χ1n) is 31.1. The molecule has 0 aromatic carbocycles. The molecular formula is C68H118N2O6P+. The molecule has 9 heteroatoms. The third-order valence-corrected chi connectivity index (χ3v) is 14.1. The molecular weight excluding hydrogens is 972 g/mol. The summed E-state index contributed by atoms with van der Waals surface area (Å²) >= 11 is 0. The average Bonchev–Trinajstić information content (AvgIpc) is 3.39. The van der Waals surface area contributed by atoms with Gasteiger partial charge in [-0.15, -0.1) is 0 Å². The lowest BCUT2D eigenvalue weighted by Gasteiger charge is -2.25. The van der Waals surface area contributed by atoms with E-state index in [1.54, 1.807) is 6.08 Å². The molecule has 0 heterocycles. The van der Waals surface area contributed by atoms with Crippen molar-refractivity contribution in [3.8, 4) is 0 Å². The molecule has 1 amide bonds. The van der Waals surface area contributed by atoms with Crippen LogP contribution in [0.1, 0.15) is 239 Å². The normalized spacial score (nSPS) is 14.7. The summed E-state index contributed by atoms with van der Waals surface area (Å²) in [7, 11) is 1.53. The maximum absolute atomic E-state index is 13.0. The fourth-order valence-corrected chi connectivity index (χ4v) is 9.00. The van der Waals surface area contributed by atoms with Crippen LogP contribution in [0.2, 0.25) is 0 Å². The minimum absolute atomic E-state index is 0.0473. The summed E-state index contributed by atoms with van der Waals surface area (Å²) < 4.78 is 23.7. The number of nitrogens with zero attached hydrogens (tertiary/aromatic N) is 1. The Morgan fingerprint density at radius 3 is 1.19 bits per heavy atom. The van der Waals surface area contributed by atoms with Crippen molar-refractivity contribution in [1.29, 1.82) is 0 Å². The summed E-state index contributed by atoms with van der Waals surface area (Å²) in [6, 6.07) is -0.880. The van der Waals surface area contributed by atoms with Crippen molar-refractivity contribution in [3.05, 3.63) is 134 Å². The van der Waals surface area contributed by atoms with Crippen LogP contribution in [0.4, 0.5) is 0 Å². The average molecular weight is 1090 g/mol. The van der Waals surface area contributed by atoms with Crippen LogP contribution in [0.5, 0.6) is 0 Å². The number of carbonyl (C=O) groups is 1. The Balaban J connectivity index is 4.17. The molecule has 0 saturated carbocycles. The van der Waals surface area contributed by atoms with Crippen LogP contribution < -0.4 is 5.32 Å². The number of phosphoric acid groups is 1. The lowest BCUT2D eigenvalue weighted by Crippen LogP contribution is -2.45. The van der Waals surface area contributed by atoms with E-state index in [1.807, 2.05) is 27.2 Å². The number of hydrogen-bond acceptors (Lipinski definition) is 5. The highest BCUT2D eigenvalue weighted by Crippen LogP contribution is 2.43. The Bertz CT molecular complexity index is 1710. The van der Waals surface area contributed by atoms with Crippen LogP contribution in [0.25, 0.3) is 0 Å². The molecule has 0 fully saturated rings. The Morgan fingerprint density at radius 2 is 0.792 bits per heavy atom. The van der Waals surface area contributed by atoms with Gasteiger partial charge in [0.2, 0.25) is 5.91 Å². The molecule has 0 aromatic heterocycles. The second-order valence-electron chi connectivity index (χ2n) is 21.7. The van der Waals surface area contributed by atoms with Gasteiger partial charge in [0, 0.05) is 6.42 Å². The molecule has 0 aromatic rings. The van der Waals surface area contributed by atoms with Gasteiger partial charge in [-0.05, 0) is 109 Å².